The lowest BCUT2D eigenvalue weighted by molar-refractivity contribution is 0.475. The second kappa shape index (κ2) is 6.39. The molecule has 136 valence electrons. The molecular formula is C24H16ClNO2. The Morgan fingerprint density at radius 2 is 1.50 bits per heavy atom. The Morgan fingerprint density at radius 3 is 2.29 bits per heavy atom. The van der Waals surface area contributed by atoms with Crippen LogP contribution in [0, 0.1) is 0 Å². The average molecular weight is 386 g/mol. The van der Waals surface area contributed by atoms with Gasteiger partial charge in [0.2, 0.25) is 0 Å². The summed E-state index contributed by atoms with van der Waals surface area (Å²) >= 11 is 6.44. The Kier molecular flexibility index (Phi) is 3.85. The maximum atomic E-state index is 9.99. The fraction of sp³-hybridized carbons (Fsp3) is 0.0417. The third-order valence-corrected chi connectivity index (χ3v) is 5.50. The van der Waals surface area contributed by atoms with Crippen LogP contribution in [0.15, 0.2) is 72.8 Å². The first-order chi connectivity index (χ1) is 13.6. The van der Waals surface area contributed by atoms with Gasteiger partial charge in [0.05, 0.1) is 11.4 Å². The van der Waals surface area contributed by atoms with Crippen LogP contribution in [0.2, 0.25) is 5.02 Å². The summed E-state index contributed by atoms with van der Waals surface area (Å²) in [5.74, 6) is 0.455. The summed E-state index contributed by atoms with van der Waals surface area (Å²) in [7, 11) is 0. The van der Waals surface area contributed by atoms with Gasteiger partial charge in [0, 0.05) is 22.6 Å². The molecule has 3 aromatic carbocycles. The monoisotopic (exact) mass is 385 g/mol. The first kappa shape index (κ1) is 16.8. The molecule has 1 heterocycles. The van der Waals surface area contributed by atoms with Gasteiger partial charge >= 0.3 is 0 Å². The van der Waals surface area contributed by atoms with E-state index in [-0.39, 0.29) is 11.5 Å². The number of phenolic OH excluding ortho intramolecular Hbond substituents is 2. The summed E-state index contributed by atoms with van der Waals surface area (Å²) in [6.45, 7) is 0. The van der Waals surface area contributed by atoms with Crippen molar-refractivity contribution in [3.8, 4) is 45.1 Å². The number of rotatable bonds is 2. The van der Waals surface area contributed by atoms with Gasteiger partial charge in [-0.2, -0.15) is 0 Å². The molecule has 2 N–H and O–H groups in total. The molecule has 4 heteroatoms. The lowest BCUT2D eigenvalue weighted by Gasteiger charge is -2.13. The van der Waals surface area contributed by atoms with E-state index >= 15 is 0 Å². The maximum Gasteiger partial charge on any atom is 0.116 e. The fourth-order valence-electron chi connectivity index (χ4n) is 3.81. The van der Waals surface area contributed by atoms with E-state index in [2.05, 4.69) is 6.07 Å². The number of aromatic hydroxyl groups is 2. The van der Waals surface area contributed by atoms with Crippen LogP contribution in [-0.2, 0) is 6.42 Å². The van der Waals surface area contributed by atoms with Crippen molar-refractivity contribution in [2.75, 3.05) is 0 Å². The standard InChI is InChI=1S/C24H16ClNO2/c25-22-4-2-1-3-18(22)23-13-19(14-5-8-16(27)9-6-14)21-11-15-7-10-17(28)12-20(15)24(21)26-23/h1-10,12-13,27-28H,11H2. The van der Waals surface area contributed by atoms with Gasteiger partial charge in [0.15, 0.2) is 0 Å². The van der Waals surface area contributed by atoms with Crippen molar-refractivity contribution >= 4 is 11.6 Å². The zero-order valence-electron chi connectivity index (χ0n) is 14.9. The lowest BCUT2D eigenvalue weighted by atomic mass is 9.96. The van der Waals surface area contributed by atoms with Crippen LogP contribution >= 0.6 is 11.6 Å². The van der Waals surface area contributed by atoms with Gasteiger partial charge < -0.3 is 10.2 Å². The molecule has 1 aromatic heterocycles. The summed E-state index contributed by atoms with van der Waals surface area (Å²) in [4.78, 5) is 4.93. The van der Waals surface area contributed by atoms with Gasteiger partial charge in [-0.25, -0.2) is 4.98 Å². The molecule has 5 rings (SSSR count). The zero-order chi connectivity index (χ0) is 19.3. The van der Waals surface area contributed by atoms with Gasteiger partial charge in [0.1, 0.15) is 11.5 Å². The van der Waals surface area contributed by atoms with E-state index in [4.69, 9.17) is 16.6 Å². The predicted molar refractivity (Wildman–Crippen MR) is 112 cm³/mol. The van der Waals surface area contributed by atoms with E-state index in [0.717, 1.165) is 51.2 Å². The van der Waals surface area contributed by atoms with Gasteiger partial charge in [-0.3, -0.25) is 0 Å². The van der Waals surface area contributed by atoms with Gasteiger partial charge in [-0.05, 0) is 58.7 Å². The Balaban J connectivity index is 1.80. The minimum atomic E-state index is 0.225. The number of fused-ring (bicyclic) bond motifs is 3. The van der Waals surface area contributed by atoms with Crippen molar-refractivity contribution < 1.29 is 10.2 Å². The first-order valence-corrected chi connectivity index (χ1v) is 9.38. The third-order valence-electron chi connectivity index (χ3n) is 5.17. The van der Waals surface area contributed by atoms with Gasteiger partial charge in [-0.1, -0.05) is 48.0 Å². The number of halogens is 1. The zero-order valence-corrected chi connectivity index (χ0v) is 15.6. The van der Waals surface area contributed by atoms with Crippen molar-refractivity contribution in [1.29, 1.82) is 0 Å². The Labute approximate surface area is 167 Å². The van der Waals surface area contributed by atoms with Crippen molar-refractivity contribution in [3.05, 3.63) is 88.9 Å². The molecule has 28 heavy (non-hydrogen) atoms. The highest BCUT2D eigenvalue weighted by Crippen LogP contribution is 2.44. The normalized spacial score (nSPS) is 11.9. The van der Waals surface area contributed by atoms with Gasteiger partial charge in [-0.15, -0.1) is 0 Å². The van der Waals surface area contributed by atoms with E-state index in [1.165, 1.54) is 0 Å². The molecule has 0 amide bonds. The van der Waals surface area contributed by atoms with E-state index in [1.807, 2.05) is 42.5 Å². The molecular weight excluding hydrogens is 370 g/mol. The Hall–Kier alpha value is -3.30. The highest BCUT2D eigenvalue weighted by Gasteiger charge is 2.25. The molecule has 0 saturated heterocycles. The van der Waals surface area contributed by atoms with Crippen LogP contribution in [-0.4, -0.2) is 15.2 Å². The predicted octanol–water partition coefficient (Wildman–Crippen LogP) is 6.05. The van der Waals surface area contributed by atoms with E-state index < -0.39 is 0 Å². The molecule has 0 unspecified atom stereocenters. The minimum absolute atomic E-state index is 0.225. The molecule has 0 aliphatic heterocycles. The summed E-state index contributed by atoms with van der Waals surface area (Å²) in [5.41, 5.74) is 7.76. The van der Waals surface area contributed by atoms with Crippen molar-refractivity contribution in [3.63, 3.8) is 0 Å². The van der Waals surface area contributed by atoms with Crippen molar-refractivity contribution in [1.82, 2.24) is 4.98 Å². The van der Waals surface area contributed by atoms with E-state index in [9.17, 15) is 10.2 Å². The second-order valence-electron chi connectivity index (χ2n) is 6.93. The molecule has 0 atom stereocenters. The van der Waals surface area contributed by atoms with Crippen LogP contribution in [0.5, 0.6) is 11.5 Å². The molecule has 0 bridgehead atoms. The highest BCUT2D eigenvalue weighted by molar-refractivity contribution is 6.33. The summed E-state index contributed by atoms with van der Waals surface area (Å²) in [5, 5.41) is 20.3. The van der Waals surface area contributed by atoms with Crippen LogP contribution in [0.25, 0.3) is 33.6 Å². The van der Waals surface area contributed by atoms with Crippen LogP contribution in [0.4, 0.5) is 0 Å². The number of nitrogens with zero attached hydrogens (tertiary/aromatic N) is 1. The summed E-state index contributed by atoms with van der Waals surface area (Å²) in [6.07, 6.45) is 0.747. The molecule has 1 aliphatic rings. The average Bonchev–Trinajstić information content (AvgIpc) is 3.06. The highest BCUT2D eigenvalue weighted by atomic mass is 35.5. The van der Waals surface area contributed by atoms with E-state index in [0.29, 0.717) is 5.02 Å². The van der Waals surface area contributed by atoms with Crippen molar-refractivity contribution in [2.24, 2.45) is 0 Å². The molecule has 0 radical (unpaired) electrons. The lowest BCUT2D eigenvalue weighted by Crippen LogP contribution is -1.95. The number of hydrogen-bond donors (Lipinski definition) is 2. The third kappa shape index (κ3) is 2.72. The number of hydrogen-bond acceptors (Lipinski definition) is 3. The SMILES string of the molecule is Oc1ccc(-c2cc(-c3ccccc3Cl)nc3c2Cc2ccc(O)cc2-3)cc1. The molecule has 0 saturated carbocycles. The largest absolute Gasteiger partial charge is 0.508 e. The quantitative estimate of drug-likeness (QED) is 0.389. The molecule has 3 nitrogen and oxygen atoms in total. The molecule has 0 fully saturated rings. The summed E-state index contributed by atoms with van der Waals surface area (Å²) < 4.78 is 0. The topological polar surface area (TPSA) is 53.4 Å². The first-order valence-electron chi connectivity index (χ1n) is 9.00. The van der Waals surface area contributed by atoms with Crippen LogP contribution in [0.3, 0.4) is 0 Å². The molecule has 4 aromatic rings. The smallest absolute Gasteiger partial charge is 0.116 e. The number of benzene rings is 3. The number of pyridine rings is 1. The second-order valence-corrected chi connectivity index (χ2v) is 7.33. The van der Waals surface area contributed by atoms with Crippen LogP contribution < -0.4 is 0 Å². The molecule has 0 spiro atoms. The van der Waals surface area contributed by atoms with Crippen molar-refractivity contribution in [2.45, 2.75) is 6.42 Å². The van der Waals surface area contributed by atoms with Crippen LogP contribution in [0.1, 0.15) is 11.1 Å². The summed E-state index contributed by atoms with van der Waals surface area (Å²) in [6, 6.07) is 22.3. The number of aromatic nitrogens is 1. The molecule has 1 aliphatic carbocycles. The Morgan fingerprint density at radius 1 is 0.750 bits per heavy atom. The van der Waals surface area contributed by atoms with E-state index in [1.54, 1.807) is 24.3 Å². The Bertz CT molecular complexity index is 1220. The van der Waals surface area contributed by atoms with Gasteiger partial charge in [0.25, 0.3) is 0 Å². The maximum absolute atomic E-state index is 9.99. The number of phenols is 2. The minimum Gasteiger partial charge on any atom is -0.508 e. The fourth-order valence-corrected chi connectivity index (χ4v) is 4.04.